The Morgan fingerprint density at radius 3 is 2.00 bits per heavy atom. The van der Waals surface area contributed by atoms with Crippen LogP contribution in [0.15, 0.2) is 12.1 Å². The zero-order chi connectivity index (χ0) is 12.8. The summed E-state index contributed by atoms with van der Waals surface area (Å²) in [4.78, 5) is 1.93. The van der Waals surface area contributed by atoms with Crippen LogP contribution in [0.4, 0.5) is 14.5 Å². The van der Waals surface area contributed by atoms with E-state index >= 15 is 0 Å². The van der Waals surface area contributed by atoms with Crippen LogP contribution in [0.5, 0.6) is 0 Å². The molecule has 0 unspecified atom stereocenters. The number of halogens is 2. The molecule has 17 heavy (non-hydrogen) atoms. The van der Waals surface area contributed by atoms with Crippen molar-refractivity contribution in [2.24, 2.45) is 0 Å². The van der Waals surface area contributed by atoms with E-state index < -0.39 is 11.6 Å². The Morgan fingerprint density at radius 1 is 1.06 bits per heavy atom. The third kappa shape index (κ3) is 3.40. The molecule has 1 aliphatic rings. The Kier molecular flexibility index (Phi) is 5.35. The molecule has 96 valence electrons. The number of rotatable bonds is 1. The molecule has 1 aromatic rings. The van der Waals surface area contributed by atoms with Crippen LogP contribution >= 0.6 is 0 Å². The Bertz CT molecular complexity index is 339. The lowest BCUT2D eigenvalue weighted by Crippen LogP contribution is -2.36. The second kappa shape index (κ2) is 6.55. The summed E-state index contributed by atoms with van der Waals surface area (Å²) in [7, 11) is 0. The van der Waals surface area contributed by atoms with Crippen molar-refractivity contribution in [1.82, 2.24) is 0 Å². The minimum Gasteiger partial charge on any atom is -0.378 e. The van der Waals surface area contributed by atoms with Crippen LogP contribution in [0.1, 0.15) is 19.4 Å². The van der Waals surface area contributed by atoms with E-state index in [-0.39, 0.29) is 5.56 Å². The predicted molar refractivity (Wildman–Crippen MR) is 65.5 cm³/mol. The van der Waals surface area contributed by atoms with Gasteiger partial charge in [-0.25, -0.2) is 8.78 Å². The van der Waals surface area contributed by atoms with Crippen LogP contribution in [-0.2, 0) is 4.74 Å². The van der Waals surface area contributed by atoms with Gasteiger partial charge in [0, 0.05) is 24.3 Å². The Morgan fingerprint density at radius 2 is 1.53 bits per heavy atom. The summed E-state index contributed by atoms with van der Waals surface area (Å²) in [5, 5.41) is 0. The lowest BCUT2D eigenvalue weighted by atomic mass is 10.2. The van der Waals surface area contributed by atoms with Gasteiger partial charge in [0.2, 0.25) is 0 Å². The average molecular weight is 243 g/mol. The van der Waals surface area contributed by atoms with Gasteiger partial charge in [0.1, 0.15) is 11.6 Å². The largest absolute Gasteiger partial charge is 0.378 e. The number of nitrogens with zero attached hydrogens (tertiary/aromatic N) is 1. The number of ether oxygens (including phenoxy) is 1. The van der Waals surface area contributed by atoms with Crippen molar-refractivity contribution in [2.45, 2.75) is 20.8 Å². The highest BCUT2D eigenvalue weighted by Crippen LogP contribution is 2.22. The van der Waals surface area contributed by atoms with E-state index in [1.165, 1.54) is 19.1 Å². The van der Waals surface area contributed by atoms with Gasteiger partial charge < -0.3 is 9.64 Å². The van der Waals surface area contributed by atoms with Crippen molar-refractivity contribution in [3.63, 3.8) is 0 Å². The van der Waals surface area contributed by atoms with E-state index in [1.54, 1.807) is 0 Å². The van der Waals surface area contributed by atoms with Crippen molar-refractivity contribution in [2.75, 3.05) is 31.2 Å². The number of hydrogen-bond donors (Lipinski definition) is 0. The molecule has 1 fully saturated rings. The fourth-order valence-corrected chi connectivity index (χ4v) is 1.64. The fraction of sp³-hybridized carbons (Fsp3) is 0.538. The zero-order valence-electron chi connectivity index (χ0n) is 10.6. The van der Waals surface area contributed by atoms with Crippen LogP contribution < -0.4 is 4.90 Å². The first kappa shape index (κ1) is 13.9. The first-order valence-corrected chi connectivity index (χ1v) is 5.97. The molecule has 0 amide bonds. The summed E-state index contributed by atoms with van der Waals surface area (Å²) in [6.45, 7) is 8.02. The number of hydrogen-bond acceptors (Lipinski definition) is 2. The van der Waals surface area contributed by atoms with E-state index in [1.807, 2.05) is 18.7 Å². The Hall–Kier alpha value is -1.16. The highest BCUT2D eigenvalue weighted by atomic mass is 19.1. The normalized spacial score (nSPS) is 15.2. The molecule has 0 bridgehead atoms. The molecule has 4 heteroatoms. The van der Waals surface area contributed by atoms with Crippen LogP contribution in [0.25, 0.3) is 0 Å². The topological polar surface area (TPSA) is 12.5 Å². The van der Waals surface area contributed by atoms with Crippen LogP contribution in [0.2, 0.25) is 0 Å². The van der Waals surface area contributed by atoms with E-state index in [0.29, 0.717) is 32.0 Å². The Balaban J connectivity index is 0.000000686. The van der Waals surface area contributed by atoms with Gasteiger partial charge in [0.15, 0.2) is 0 Å². The smallest absolute Gasteiger partial charge is 0.131 e. The van der Waals surface area contributed by atoms with Crippen molar-refractivity contribution in [1.29, 1.82) is 0 Å². The van der Waals surface area contributed by atoms with Gasteiger partial charge in [-0.05, 0) is 19.1 Å². The molecule has 1 aliphatic heterocycles. The fourth-order valence-electron chi connectivity index (χ4n) is 1.64. The van der Waals surface area contributed by atoms with Crippen LogP contribution in [0, 0.1) is 18.6 Å². The van der Waals surface area contributed by atoms with Gasteiger partial charge in [-0.3, -0.25) is 0 Å². The molecule has 1 heterocycles. The van der Waals surface area contributed by atoms with Crippen molar-refractivity contribution >= 4 is 5.69 Å². The molecule has 0 atom stereocenters. The van der Waals surface area contributed by atoms with E-state index in [9.17, 15) is 8.78 Å². The molecule has 0 radical (unpaired) electrons. The van der Waals surface area contributed by atoms with Gasteiger partial charge in [-0.1, -0.05) is 13.8 Å². The van der Waals surface area contributed by atoms with E-state index in [4.69, 9.17) is 4.74 Å². The second-order valence-electron chi connectivity index (χ2n) is 3.63. The van der Waals surface area contributed by atoms with Gasteiger partial charge in [-0.2, -0.15) is 0 Å². The van der Waals surface area contributed by atoms with Crippen molar-refractivity contribution in [3.05, 3.63) is 29.3 Å². The summed E-state index contributed by atoms with van der Waals surface area (Å²) in [6, 6.07) is 2.76. The molecule has 1 aromatic carbocycles. The summed E-state index contributed by atoms with van der Waals surface area (Å²) in [5.41, 5.74) is 0.672. The number of morpholine rings is 1. The molecule has 0 N–H and O–H groups in total. The SMILES string of the molecule is CC.Cc1c(F)cc(N2CCOCC2)cc1F. The van der Waals surface area contributed by atoms with E-state index in [2.05, 4.69) is 0 Å². The summed E-state index contributed by atoms with van der Waals surface area (Å²) >= 11 is 0. The van der Waals surface area contributed by atoms with Gasteiger partial charge >= 0.3 is 0 Å². The standard InChI is InChI=1S/C11H13F2NO.C2H6/c1-8-10(12)6-9(7-11(8)13)14-2-4-15-5-3-14;1-2/h6-7H,2-5H2,1H3;1-2H3. The first-order chi connectivity index (χ1) is 8.18. The third-order valence-corrected chi connectivity index (χ3v) is 2.64. The average Bonchev–Trinajstić information content (AvgIpc) is 2.39. The minimum atomic E-state index is -0.489. The monoisotopic (exact) mass is 243 g/mol. The highest BCUT2D eigenvalue weighted by molar-refractivity contribution is 5.49. The third-order valence-electron chi connectivity index (χ3n) is 2.64. The summed E-state index contributed by atoms with van der Waals surface area (Å²) in [6.07, 6.45) is 0. The number of anilines is 1. The lowest BCUT2D eigenvalue weighted by molar-refractivity contribution is 0.122. The molecular weight excluding hydrogens is 224 g/mol. The molecule has 2 rings (SSSR count). The molecule has 0 aromatic heterocycles. The maximum Gasteiger partial charge on any atom is 0.131 e. The van der Waals surface area contributed by atoms with Gasteiger partial charge in [-0.15, -0.1) is 0 Å². The van der Waals surface area contributed by atoms with Gasteiger partial charge in [0.25, 0.3) is 0 Å². The van der Waals surface area contributed by atoms with Crippen molar-refractivity contribution < 1.29 is 13.5 Å². The Labute approximate surface area is 101 Å². The van der Waals surface area contributed by atoms with Crippen molar-refractivity contribution in [3.8, 4) is 0 Å². The second-order valence-corrected chi connectivity index (χ2v) is 3.63. The maximum atomic E-state index is 13.3. The zero-order valence-corrected chi connectivity index (χ0v) is 10.6. The van der Waals surface area contributed by atoms with E-state index in [0.717, 1.165) is 0 Å². The molecule has 0 saturated carbocycles. The van der Waals surface area contributed by atoms with Crippen LogP contribution in [-0.4, -0.2) is 26.3 Å². The molecule has 2 nitrogen and oxygen atoms in total. The summed E-state index contributed by atoms with van der Waals surface area (Å²) in [5.74, 6) is -0.979. The lowest BCUT2D eigenvalue weighted by Gasteiger charge is -2.29. The maximum absolute atomic E-state index is 13.3. The first-order valence-electron chi connectivity index (χ1n) is 5.97. The minimum absolute atomic E-state index is 0.0759. The molecule has 1 saturated heterocycles. The number of benzene rings is 1. The molecular formula is C13H19F2NO. The molecule has 0 aliphatic carbocycles. The van der Waals surface area contributed by atoms with Gasteiger partial charge in [0.05, 0.1) is 13.2 Å². The summed E-state index contributed by atoms with van der Waals surface area (Å²) < 4.78 is 31.8. The quantitative estimate of drug-likeness (QED) is 0.751. The predicted octanol–water partition coefficient (Wildman–Crippen LogP) is 3.14. The molecule has 0 spiro atoms. The van der Waals surface area contributed by atoms with Crippen LogP contribution in [0.3, 0.4) is 0 Å². The highest BCUT2D eigenvalue weighted by Gasteiger charge is 2.14.